The largest absolute Gasteiger partial charge is 0.379 e. The van der Waals surface area contributed by atoms with Crippen molar-refractivity contribution in [3.05, 3.63) is 50.4 Å². The topological polar surface area (TPSA) is 114 Å². The Labute approximate surface area is 209 Å². The van der Waals surface area contributed by atoms with Gasteiger partial charge in [0.15, 0.2) is 0 Å². The van der Waals surface area contributed by atoms with Gasteiger partial charge in [0.05, 0.1) is 30.2 Å². The Kier molecular flexibility index (Phi) is 7.53. The number of nitrogens with one attached hydrogen (secondary N) is 2. The highest BCUT2D eigenvalue weighted by Gasteiger charge is 2.34. The second-order valence-corrected chi connectivity index (χ2v) is 11.3. The summed E-state index contributed by atoms with van der Waals surface area (Å²) in [4.78, 5) is 40.1. The van der Waals surface area contributed by atoms with Gasteiger partial charge in [0, 0.05) is 35.8 Å². The summed E-state index contributed by atoms with van der Waals surface area (Å²) in [5.41, 5.74) is 1.84. The third-order valence-electron chi connectivity index (χ3n) is 6.76. The fourth-order valence-electron chi connectivity index (χ4n) is 4.67. The third kappa shape index (κ3) is 6.06. The fraction of sp³-hybridized carbons (Fsp3) is 0.520. The van der Waals surface area contributed by atoms with E-state index in [2.05, 4.69) is 31.4 Å². The summed E-state index contributed by atoms with van der Waals surface area (Å²) in [5, 5.41) is 17.5. The molecule has 1 fully saturated rings. The number of non-ortho nitro benzene ring substituents is 1. The first-order chi connectivity index (χ1) is 16.6. The summed E-state index contributed by atoms with van der Waals surface area (Å²) in [6.07, 6.45) is 2.58. The van der Waals surface area contributed by atoms with Crippen molar-refractivity contribution < 1.29 is 19.2 Å². The van der Waals surface area contributed by atoms with Gasteiger partial charge in [0.25, 0.3) is 11.6 Å². The molecule has 35 heavy (non-hydrogen) atoms. The Balaban J connectivity index is 1.60. The minimum Gasteiger partial charge on any atom is -0.379 e. The molecule has 0 spiro atoms. The highest BCUT2D eigenvalue weighted by molar-refractivity contribution is 7.17. The summed E-state index contributed by atoms with van der Waals surface area (Å²) < 4.78 is 5.36. The molecule has 2 N–H and O–H groups in total. The van der Waals surface area contributed by atoms with Crippen LogP contribution < -0.4 is 10.6 Å². The zero-order valence-corrected chi connectivity index (χ0v) is 21.2. The molecule has 1 saturated heterocycles. The smallest absolute Gasteiger partial charge is 0.271 e. The van der Waals surface area contributed by atoms with Crippen LogP contribution in [0.2, 0.25) is 0 Å². The van der Waals surface area contributed by atoms with Crippen LogP contribution in [0.5, 0.6) is 0 Å². The number of carbonyl (C=O) groups is 2. The Bertz CT molecular complexity index is 1120. The maximum Gasteiger partial charge on any atom is 0.271 e. The van der Waals surface area contributed by atoms with E-state index in [1.54, 1.807) is 6.07 Å². The molecule has 188 valence electrons. The van der Waals surface area contributed by atoms with Crippen molar-refractivity contribution in [2.45, 2.75) is 40.0 Å². The lowest BCUT2D eigenvalue weighted by Gasteiger charge is -2.33. The van der Waals surface area contributed by atoms with E-state index in [0.29, 0.717) is 48.5 Å². The highest BCUT2D eigenvalue weighted by atomic mass is 32.1. The summed E-state index contributed by atoms with van der Waals surface area (Å²) in [5.74, 6) is -0.0422. The maximum atomic E-state index is 13.4. The molecule has 10 heteroatoms. The molecule has 1 aliphatic carbocycles. The highest BCUT2D eigenvalue weighted by Crippen LogP contribution is 2.44. The molecule has 2 aromatic rings. The molecule has 1 unspecified atom stereocenters. The Morgan fingerprint density at radius 1 is 1.23 bits per heavy atom. The number of anilines is 2. The van der Waals surface area contributed by atoms with Crippen LogP contribution in [0.25, 0.3) is 0 Å². The molecule has 2 heterocycles. The molecule has 0 saturated carbocycles. The van der Waals surface area contributed by atoms with Crippen LogP contribution in [0.1, 0.15) is 48.0 Å². The minimum atomic E-state index is -0.494. The van der Waals surface area contributed by atoms with Crippen molar-refractivity contribution in [1.82, 2.24) is 4.90 Å². The van der Waals surface area contributed by atoms with Gasteiger partial charge in [-0.15, -0.1) is 11.3 Å². The number of nitro benzene ring substituents is 1. The number of amides is 2. The van der Waals surface area contributed by atoms with Gasteiger partial charge in [-0.05, 0) is 42.2 Å². The predicted molar refractivity (Wildman–Crippen MR) is 136 cm³/mol. The van der Waals surface area contributed by atoms with Gasteiger partial charge in [-0.2, -0.15) is 0 Å². The number of fused-ring (bicyclic) bond motifs is 1. The lowest BCUT2D eigenvalue weighted by molar-refractivity contribution is -0.384. The van der Waals surface area contributed by atoms with E-state index >= 15 is 0 Å². The average Bonchev–Trinajstić information content (AvgIpc) is 3.16. The predicted octanol–water partition coefficient (Wildman–Crippen LogP) is 4.33. The van der Waals surface area contributed by atoms with Crippen LogP contribution in [0, 0.1) is 21.4 Å². The Morgan fingerprint density at radius 3 is 2.66 bits per heavy atom. The Morgan fingerprint density at radius 2 is 1.97 bits per heavy atom. The second-order valence-electron chi connectivity index (χ2n) is 10.2. The lowest BCUT2D eigenvalue weighted by atomic mass is 9.72. The van der Waals surface area contributed by atoms with E-state index in [1.807, 2.05) is 4.90 Å². The van der Waals surface area contributed by atoms with Crippen molar-refractivity contribution in [2.24, 2.45) is 11.3 Å². The van der Waals surface area contributed by atoms with Crippen molar-refractivity contribution >= 4 is 39.5 Å². The lowest BCUT2D eigenvalue weighted by Crippen LogP contribution is -2.41. The van der Waals surface area contributed by atoms with E-state index in [1.165, 1.54) is 29.5 Å². The third-order valence-corrected chi connectivity index (χ3v) is 7.93. The van der Waals surface area contributed by atoms with Crippen LogP contribution in [0.4, 0.5) is 16.4 Å². The zero-order chi connectivity index (χ0) is 25.2. The van der Waals surface area contributed by atoms with Gasteiger partial charge in [-0.3, -0.25) is 24.6 Å². The van der Waals surface area contributed by atoms with E-state index in [4.69, 9.17) is 4.74 Å². The minimum absolute atomic E-state index is 0.0952. The van der Waals surface area contributed by atoms with Crippen molar-refractivity contribution in [2.75, 3.05) is 43.5 Å². The standard InChI is InChI=1S/C25H32N4O5S/c1-25(2,3)16-7-8-19-20(13-16)35-24(27-21(30)15-28-9-11-34-12-10-28)22(19)23(31)26-17-5-4-6-18(14-17)29(32)33/h4-6,14,16H,7-13,15H2,1-3H3,(H,26,31)(H,27,30). The molecule has 9 nitrogen and oxygen atoms in total. The number of hydrogen-bond donors (Lipinski definition) is 2. The molecular formula is C25H32N4O5S. The molecule has 0 bridgehead atoms. The molecule has 1 atom stereocenters. The summed E-state index contributed by atoms with van der Waals surface area (Å²) in [7, 11) is 0. The number of thiophene rings is 1. The fourth-order valence-corrected chi connectivity index (χ4v) is 6.01. The van der Waals surface area contributed by atoms with E-state index in [-0.39, 0.29) is 29.5 Å². The number of hydrogen-bond acceptors (Lipinski definition) is 7. The van der Waals surface area contributed by atoms with E-state index in [0.717, 1.165) is 29.7 Å². The normalized spacial score (nSPS) is 18.5. The number of benzene rings is 1. The molecular weight excluding hydrogens is 468 g/mol. The average molecular weight is 501 g/mol. The Hall–Kier alpha value is -2.82. The first-order valence-corrected chi connectivity index (χ1v) is 12.7. The van der Waals surface area contributed by atoms with Crippen LogP contribution in [0.3, 0.4) is 0 Å². The van der Waals surface area contributed by atoms with E-state index in [9.17, 15) is 19.7 Å². The second kappa shape index (κ2) is 10.4. The van der Waals surface area contributed by atoms with Crippen molar-refractivity contribution in [3.63, 3.8) is 0 Å². The number of nitrogens with zero attached hydrogens (tertiary/aromatic N) is 2. The quantitative estimate of drug-likeness (QED) is 0.451. The first-order valence-electron chi connectivity index (χ1n) is 11.9. The first kappa shape index (κ1) is 25.3. The van der Waals surface area contributed by atoms with Gasteiger partial charge < -0.3 is 15.4 Å². The summed E-state index contributed by atoms with van der Waals surface area (Å²) in [6, 6.07) is 5.88. The van der Waals surface area contributed by atoms with Gasteiger partial charge in [-0.25, -0.2) is 0 Å². The SMILES string of the molecule is CC(C)(C)C1CCc2c(sc(NC(=O)CN3CCOCC3)c2C(=O)Nc2cccc([N+](=O)[O-])c2)C1. The number of ether oxygens (including phenoxy) is 1. The number of nitro groups is 1. The van der Waals surface area contributed by atoms with Crippen LogP contribution in [0.15, 0.2) is 24.3 Å². The molecule has 1 aliphatic heterocycles. The van der Waals surface area contributed by atoms with Crippen LogP contribution in [-0.4, -0.2) is 54.5 Å². The van der Waals surface area contributed by atoms with Crippen LogP contribution >= 0.6 is 11.3 Å². The zero-order valence-electron chi connectivity index (χ0n) is 20.4. The molecule has 1 aromatic heterocycles. The molecule has 1 aromatic carbocycles. The summed E-state index contributed by atoms with van der Waals surface area (Å²) >= 11 is 1.47. The van der Waals surface area contributed by atoms with Crippen molar-refractivity contribution in [3.8, 4) is 0 Å². The summed E-state index contributed by atoms with van der Waals surface area (Å²) in [6.45, 7) is 9.54. The monoisotopic (exact) mass is 500 g/mol. The number of morpholine rings is 1. The van der Waals surface area contributed by atoms with Gasteiger partial charge in [0.2, 0.25) is 5.91 Å². The van der Waals surface area contributed by atoms with Gasteiger partial charge in [-0.1, -0.05) is 26.8 Å². The number of rotatable bonds is 6. The van der Waals surface area contributed by atoms with Gasteiger partial charge >= 0.3 is 0 Å². The number of carbonyl (C=O) groups excluding carboxylic acids is 2. The van der Waals surface area contributed by atoms with E-state index < -0.39 is 4.92 Å². The van der Waals surface area contributed by atoms with Crippen LogP contribution in [-0.2, 0) is 22.4 Å². The van der Waals surface area contributed by atoms with Gasteiger partial charge in [0.1, 0.15) is 5.00 Å². The molecule has 2 aliphatic rings. The molecule has 0 radical (unpaired) electrons. The van der Waals surface area contributed by atoms with Crippen molar-refractivity contribution in [1.29, 1.82) is 0 Å². The molecule has 2 amide bonds. The maximum absolute atomic E-state index is 13.4. The molecule has 4 rings (SSSR count).